The molecule has 2 aliphatic heterocycles. The number of hydrogen-bond donors (Lipinski definition) is 0. The van der Waals surface area contributed by atoms with Gasteiger partial charge in [0.05, 0.1) is 12.0 Å². The molecule has 158 valence electrons. The van der Waals surface area contributed by atoms with Gasteiger partial charge < -0.3 is 0 Å². The summed E-state index contributed by atoms with van der Waals surface area (Å²) in [6.45, 7) is 4.86. The smallest absolute Gasteiger partial charge is 0.218 e. The highest BCUT2D eigenvalue weighted by molar-refractivity contribution is 7.88. The molecular formula is C18H28FN3O4S2. The van der Waals surface area contributed by atoms with Gasteiger partial charge in [0, 0.05) is 44.8 Å². The molecule has 1 aromatic rings. The molecule has 2 heterocycles. The van der Waals surface area contributed by atoms with Gasteiger partial charge in [-0.1, -0.05) is 19.1 Å². The summed E-state index contributed by atoms with van der Waals surface area (Å²) in [7, 11) is -6.75. The average Bonchev–Trinajstić information content (AvgIpc) is 3.08. The maximum absolute atomic E-state index is 13.3. The minimum Gasteiger partial charge on any atom is -0.294 e. The van der Waals surface area contributed by atoms with Crippen molar-refractivity contribution in [2.45, 2.75) is 31.1 Å². The van der Waals surface area contributed by atoms with Crippen molar-refractivity contribution in [2.75, 3.05) is 45.5 Å². The molecule has 0 spiro atoms. The minimum atomic E-state index is -3.53. The maximum Gasteiger partial charge on any atom is 0.218 e. The Morgan fingerprint density at radius 1 is 1.04 bits per heavy atom. The molecule has 0 bridgehead atoms. The molecule has 2 saturated heterocycles. The van der Waals surface area contributed by atoms with Gasteiger partial charge in [0.2, 0.25) is 20.0 Å². The first kappa shape index (κ1) is 21.6. The van der Waals surface area contributed by atoms with E-state index in [0.717, 1.165) is 12.8 Å². The van der Waals surface area contributed by atoms with Crippen LogP contribution in [0.15, 0.2) is 24.3 Å². The minimum absolute atomic E-state index is 0.217. The Bertz CT molecular complexity index is 915. The third-order valence-electron chi connectivity index (χ3n) is 5.97. The van der Waals surface area contributed by atoms with Crippen molar-refractivity contribution < 1.29 is 21.2 Å². The molecule has 0 saturated carbocycles. The Labute approximate surface area is 167 Å². The van der Waals surface area contributed by atoms with E-state index in [1.807, 2.05) is 0 Å². The van der Waals surface area contributed by atoms with Crippen LogP contribution in [0.25, 0.3) is 0 Å². The first-order valence-electron chi connectivity index (χ1n) is 9.48. The van der Waals surface area contributed by atoms with E-state index in [1.54, 1.807) is 6.07 Å². The lowest BCUT2D eigenvalue weighted by atomic mass is 9.92. The number of sulfonamides is 2. The monoisotopic (exact) mass is 433 g/mol. The topological polar surface area (TPSA) is 78.0 Å². The highest BCUT2D eigenvalue weighted by Crippen LogP contribution is 2.33. The molecule has 28 heavy (non-hydrogen) atoms. The number of halogens is 1. The van der Waals surface area contributed by atoms with Crippen molar-refractivity contribution in [3.63, 3.8) is 0 Å². The number of hydrogen-bond acceptors (Lipinski definition) is 5. The highest BCUT2D eigenvalue weighted by Gasteiger charge is 2.45. The summed E-state index contributed by atoms with van der Waals surface area (Å²) in [6, 6.07) is 5.66. The Morgan fingerprint density at radius 2 is 1.71 bits per heavy atom. The van der Waals surface area contributed by atoms with Gasteiger partial charge >= 0.3 is 0 Å². The van der Waals surface area contributed by atoms with E-state index in [1.165, 1.54) is 33.1 Å². The largest absolute Gasteiger partial charge is 0.294 e. The van der Waals surface area contributed by atoms with Crippen LogP contribution in [-0.2, 0) is 25.8 Å². The van der Waals surface area contributed by atoms with Gasteiger partial charge in [-0.15, -0.1) is 0 Å². The zero-order valence-electron chi connectivity index (χ0n) is 16.3. The van der Waals surface area contributed by atoms with Crippen molar-refractivity contribution in [1.82, 2.24) is 13.5 Å². The van der Waals surface area contributed by atoms with E-state index in [0.29, 0.717) is 44.8 Å². The molecule has 0 amide bonds. The lowest BCUT2D eigenvalue weighted by Crippen LogP contribution is -2.59. The first-order chi connectivity index (χ1) is 13.1. The lowest BCUT2D eigenvalue weighted by molar-refractivity contribution is 0.0599. The maximum atomic E-state index is 13.3. The summed E-state index contributed by atoms with van der Waals surface area (Å²) in [5.74, 6) is -0.662. The molecule has 0 N–H and O–H groups in total. The predicted octanol–water partition coefficient (Wildman–Crippen LogP) is 1.09. The van der Waals surface area contributed by atoms with Crippen molar-refractivity contribution >= 4 is 20.0 Å². The summed E-state index contributed by atoms with van der Waals surface area (Å²) in [5.41, 5.74) is 0.202. The molecule has 1 aromatic carbocycles. The number of rotatable bonds is 6. The van der Waals surface area contributed by atoms with E-state index >= 15 is 0 Å². The van der Waals surface area contributed by atoms with E-state index in [9.17, 15) is 21.2 Å². The molecule has 1 atom stereocenters. The summed E-state index contributed by atoms with van der Waals surface area (Å²) in [4.78, 5) is 2.24. The van der Waals surface area contributed by atoms with Gasteiger partial charge in [0.15, 0.2) is 0 Å². The molecular weight excluding hydrogens is 405 g/mol. The molecule has 2 fully saturated rings. The fourth-order valence-corrected chi connectivity index (χ4v) is 6.64. The molecule has 0 unspecified atom stereocenters. The number of nitrogens with zero attached hydrogens (tertiary/aromatic N) is 3. The van der Waals surface area contributed by atoms with Crippen LogP contribution < -0.4 is 0 Å². The van der Waals surface area contributed by atoms with Crippen molar-refractivity contribution in [2.24, 2.45) is 0 Å². The molecule has 10 heteroatoms. The van der Waals surface area contributed by atoms with Gasteiger partial charge in [-0.2, -0.15) is 4.31 Å². The zero-order valence-corrected chi connectivity index (χ0v) is 18.0. The SMILES string of the molecule is CC[C@@]1(N2CCN(S(=O)(=O)Cc3cccc(F)c3)CC2)CCN(S(C)(=O)=O)C1. The van der Waals surface area contributed by atoms with Gasteiger partial charge in [0.1, 0.15) is 5.82 Å². The average molecular weight is 434 g/mol. The number of piperazine rings is 1. The second-order valence-electron chi connectivity index (χ2n) is 7.70. The van der Waals surface area contributed by atoms with Crippen molar-refractivity contribution in [1.29, 1.82) is 0 Å². The van der Waals surface area contributed by atoms with Gasteiger partial charge in [-0.25, -0.2) is 25.5 Å². The van der Waals surface area contributed by atoms with Crippen LogP contribution in [0.1, 0.15) is 25.3 Å². The summed E-state index contributed by atoms with van der Waals surface area (Å²) in [6.07, 6.45) is 2.80. The van der Waals surface area contributed by atoms with Crippen LogP contribution >= 0.6 is 0 Å². The standard InChI is InChI=1S/C18H28FN3O4S2/c1-3-18(7-8-22(15-18)27(2,23)24)20-9-11-21(12-10-20)28(25,26)14-16-5-4-6-17(19)13-16/h4-6,13H,3,7-12,14-15H2,1-2H3/t18-/m1/s1. The predicted molar refractivity (Wildman–Crippen MR) is 106 cm³/mol. The van der Waals surface area contributed by atoms with Crippen LogP contribution in [0.5, 0.6) is 0 Å². The number of benzene rings is 1. The van der Waals surface area contributed by atoms with E-state index < -0.39 is 25.9 Å². The second-order valence-corrected chi connectivity index (χ2v) is 11.6. The third kappa shape index (κ3) is 4.56. The second kappa shape index (κ2) is 7.98. The fraction of sp³-hybridized carbons (Fsp3) is 0.667. The summed E-state index contributed by atoms with van der Waals surface area (Å²) >= 11 is 0. The molecule has 2 aliphatic rings. The van der Waals surface area contributed by atoms with Gasteiger partial charge in [-0.05, 0) is 30.5 Å². The Morgan fingerprint density at radius 3 is 2.25 bits per heavy atom. The molecule has 7 nitrogen and oxygen atoms in total. The van der Waals surface area contributed by atoms with E-state index in [4.69, 9.17) is 0 Å². The van der Waals surface area contributed by atoms with Gasteiger partial charge in [0.25, 0.3) is 0 Å². The normalized spacial score (nSPS) is 26.0. The first-order valence-corrected chi connectivity index (χ1v) is 12.9. The van der Waals surface area contributed by atoms with Crippen LogP contribution in [0.2, 0.25) is 0 Å². The quantitative estimate of drug-likeness (QED) is 0.671. The van der Waals surface area contributed by atoms with Crippen LogP contribution in [0, 0.1) is 5.82 Å². The summed E-state index contributed by atoms with van der Waals surface area (Å²) in [5, 5.41) is 0. The van der Waals surface area contributed by atoms with Gasteiger partial charge in [-0.3, -0.25) is 4.90 Å². The van der Waals surface area contributed by atoms with E-state index in [-0.39, 0.29) is 11.3 Å². The third-order valence-corrected chi connectivity index (χ3v) is 9.07. The molecule has 3 rings (SSSR count). The van der Waals surface area contributed by atoms with E-state index in [2.05, 4.69) is 11.8 Å². The van der Waals surface area contributed by atoms with Crippen LogP contribution in [0.4, 0.5) is 4.39 Å². The van der Waals surface area contributed by atoms with Crippen molar-refractivity contribution in [3.05, 3.63) is 35.6 Å². The molecule has 0 aliphatic carbocycles. The molecule has 0 radical (unpaired) electrons. The Balaban J connectivity index is 1.65. The zero-order chi connectivity index (χ0) is 20.6. The Kier molecular flexibility index (Phi) is 6.17. The fourth-order valence-electron chi connectivity index (χ4n) is 4.24. The highest BCUT2D eigenvalue weighted by atomic mass is 32.2. The molecule has 0 aromatic heterocycles. The van der Waals surface area contributed by atoms with Crippen LogP contribution in [-0.4, -0.2) is 81.4 Å². The Hall–Kier alpha value is -1.07. The summed E-state index contributed by atoms with van der Waals surface area (Å²) < 4.78 is 65.6. The van der Waals surface area contributed by atoms with Crippen molar-refractivity contribution in [3.8, 4) is 0 Å². The van der Waals surface area contributed by atoms with Crippen LogP contribution in [0.3, 0.4) is 0 Å². The lowest BCUT2D eigenvalue weighted by Gasteiger charge is -2.45.